The number of hydrogen-bond donors (Lipinski definition) is 0. The minimum absolute atomic E-state index is 0.0936. The van der Waals surface area contributed by atoms with Crippen LogP contribution in [0.2, 0.25) is 0 Å². The highest BCUT2D eigenvalue weighted by Crippen LogP contribution is 2.23. The fourth-order valence-electron chi connectivity index (χ4n) is 4.17. The molecule has 0 N–H and O–H groups in total. The Kier molecular flexibility index (Phi) is 6.60. The van der Waals surface area contributed by atoms with Gasteiger partial charge in [0.05, 0.1) is 11.0 Å². The number of nitrogens with zero attached hydrogens (tertiary/aromatic N) is 4. The highest BCUT2D eigenvalue weighted by Gasteiger charge is 2.31. The van der Waals surface area contributed by atoms with Crippen LogP contribution >= 0.6 is 0 Å². The monoisotopic (exact) mass is 474 g/mol. The van der Waals surface area contributed by atoms with E-state index >= 15 is 0 Å². The first-order valence-corrected chi connectivity index (χ1v) is 11.0. The minimum atomic E-state index is -4.71. The Morgan fingerprint density at radius 2 is 1.74 bits per heavy atom. The molecule has 0 bridgehead atoms. The maximum atomic E-state index is 13.1. The first-order valence-electron chi connectivity index (χ1n) is 11.0. The lowest BCUT2D eigenvalue weighted by Gasteiger charge is -2.34. The number of ether oxygens (including phenoxy) is 1. The number of rotatable bonds is 5. The Morgan fingerprint density at radius 1 is 1.06 bits per heavy atom. The van der Waals surface area contributed by atoms with Crippen molar-refractivity contribution in [2.45, 2.75) is 33.3 Å². The highest BCUT2D eigenvalue weighted by atomic mass is 19.4. The van der Waals surface area contributed by atoms with E-state index < -0.39 is 6.36 Å². The SMILES string of the molecule is CCn1c(=O)c(C)nc2cc(C(=O)N3CCN(Cc4ccc(OC(F)(F)F)cc4)CC3)ccc21. The summed E-state index contributed by atoms with van der Waals surface area (Å²) >= 11 is 0. The molecule has 7 nitrogen and oxygen atoms in total. The lowest BCUT2D eigenvalue weighted by atomic mass is 10.1. The van der Waals surface area contributed by atoms with Crippen molar-refractivity contribution < 1.29 is 22.7 Å². The molecule has 0 saturated carbocycles. The zero-order valence-corrected chi connectivity index (χ0v) is 18.9. The Hall–Kier alpha value is -3.40. The molecule has 0 spiro atoms. The molecule has 1 aromatic heterocycles. The van der Waals surface area contributed by atoms with Crippen LogP contribution in [-0.4, -0.2) is 57.8 Å². The fourth-order valence-corrected chi connectivity index (χ4v) is 4.17. The molecule has 2 aromatic carbocycles. The van der Waals surface area contributed by atoms with E-state index in [9.17, 15) is 22.8 Å². The second kappa shape index (κ2) is 9.46. The van der Waals surface area contributed by atoms with Crippen molar-refractivity contribution in [1.82, 2.24) is 19.4 Å². The van der Waals surface area contributed by atoms with Crippen molar-refractivity contribution in [3.05, 3.63) is 69.6 Å². The number of carbonyl (C=O) groups is 1. The number of benzene rings is 2. The smallest absolute Gasteiger partial charge is 0.406 e. The highest BCUT2D eigenvalue weighted by molar-refractivity contribution is 5.97. The number of fused-ring (bicyclic) bond motifs is 1. The van der Waals surface area contributed by atoms with Gasteiger partial charge in [0.1, 0.15) is 11.4 Å². The van der Waals surface area contributed by atoms with Crippen LogP contribution in [0, 0.1) is 6.92 Å². The van der Waals surface area contributed by atoms with Crippen molar-refractivity contribution in [3.8, 4) is 5.75 Å². The normalized spacial score (nSPS) is 15.0. The molecule has 1 aliphatic rings. The maximum absolute atomic E-state index is 13.1. The van der Waals surface area contributed by atoms with Crippen molar-refractivity contribution in [1.29, 1.82) is 0 Å². The molecule has 1 amide bonds. The van der Waals surface area contributed by atoms with Crippen LogP contribution in [-0.2, 0) is 13.1 Å². The summed E-state index contributed by atoms with van der Waals surface area (Å²) in [5.74, 6) is -0.341. The molecule has 1 aliphatic heterocycles. The van der Waals surface area contributed by atoms with Crippen LogP contribution in [0.5, 0.6) is 5.75 Å². The summed E-state index contributed by atoms with van der Waals surface area (Å²) in [6.45, 7) is 7.01. The molecule has 1 saturated heterocycles. The molecule has 0 unspecified atom stereocenters. The van der Waals surface area contributed by atoms with Gasteiger partial charge in [-0.3, -0.25) is 14.5 Å². The molecular weight excluding hydrogens is 449 g/mol. The number of halogens is 3. The first-order chi connectivity index (χ1) is 16.1. The number of alkyl halides is 3. The van der Waals surface area contributed by atoms with Crippen molar-refractivity contribution in [2.75, 3.05) is 26.2 Å². The second-order valence-corrected chi connectivity index (χ2v) is 8.21. The van der Waals surface area contributed by atoms with Crippen LogP contribution in [0.3, 0.4) is 0 Å². The van der Waals surface area contributed by atoms with Crippen molar-refractivity contribution in [2.24, 2.45) is 0 Å². The van der Waals surface area contributed by atoms with Gasteiger partial charge in [-0.2, -0.15) is 0 Å². The Bertz CT molecular complexity index is 1250. The van der Waals surface area contributed by atoms with E-state index in [0.29, 0.717) is 61.6 Å². The summed E-state index contributed by atoms with van der Waals surface area (Å²) in [5, 5.41) is 0. The van der Waals surface area contributed by atoms with Gasteiger partial charge in [0.2, 0.25) is 0 Å². The molecular formula is C24H25F3N4O3. The van der Waals surface area contributed by atoms with Gasteiger partial charge >= 0.3 is 6.36 Å². The topological polar surface area (TPSA) is 67.7 Å². The molecule has 3 aromatic rings. The lowest BCUT2D eigenvalue weighted by molar-refractivity contribution is -0.274. The first kappa shape index (κ1) is 23.7. The summed E-state index contributed by atoms with van der Waals surface area (Å²) < 4.78 is 42.5. The zero-order chi connectivity index (χ0) is 24.5. The number of carbonyl (C=O) groups excluding carboxylic acids is 1. The van der Waals surface area contributed by atoms with Gasteiger partial charge < -0.3 is 14.2 Å². The van der Waals surface area contributed by atoms with E-state index in [1.165, 1.54) is 12.1 Å². The fraction of sp³-hybridized carbons (Fsp3) is 0.375. The Labute approximate surface area is 194 Å². The average Bonchev–Trinajstić information content (AvgIpc) is 2.80. The van der Waals surface area contributed by atoms with Crippen molar-refractivity contribution >= 4 is 16.9 Å². The minimum Gasteiger partial charge on any atom is -0.406 e. The third kappa shape index (κ3) is 5.22. The number of hydrogen-bond acceptors (Lipinski definition) is 5. The van der Waals surface area contributed by atoms with Gasteiger partial charge in [-0.25, -0.2) is 4.98 Å². The number of aryl methyl sites for hydroxylation is 2. The van der Waals surface area contributed by atoms with E-state index in [2.05, 4.69) is 14.6 Å². The van der Waals surface area contributed by atoms with Gasteiger partial charge in [0.25, 0.3) is 11.5 Å². The van der Waals surface area contributed by atoms with Crippen LogP contribution in [0.1, 0.15) is 28.5 Å². The van der Waals surface area contributed by atoms with E-state index in [0.717, 1.165) is 5.56 Å². The average molecular weight is 474 g/mol. The third-order valence-corrected chi connectivity index (χ3v) is 5.89. The standard InChI is InChI=1S/C24H25F3N4O3/c1-3-31-21-9-6-18(14-20(21)28-16(2)22(31)32)23(33)30-12-10-29(11-13-30)15-17-4-7-19(8-5-17)34-24(25,26)27/h4-9,14H,3,10-13,15H2,1-2H3. The van der Waals surface area contributed by atoms with Crippen LogP contribution in [0.25, 0.3) is 11.0 Å². The molecule has 180 valence electrons. The zero-order valence-electron chi connectivity index (χ0n) is 18.9. The van der Waals surface area contributed by atoms with Crippen LogP contribution < -0.4 is 10.3 Å². The quantitative estimate of drug-likeness (QED) is 0.566. The Morgan fingerprint density at radius 3 is 2.35 bits per heavy atom. The van der Waals surface area contributed by atoms with E-state index in [1.807, 2.05) is 6.92 Å². The summed E-state index contributed by atoms with van der Waals surface area (Å²) in [6.07, 6.45) is -4.71. The largest absolute Gasteiger partial charge is 0.573 e. The number of amides is 1. The van der Waals surface area contributed by atoms with Crippen molar-refractivity contribution in [3.63, 3.8) is 0 Å². The lowest BCUT2D eigenvalue weighted by Crippen LogP contribution is -2.48. The van der Waals surface area contributed by atoms with Gasteiger partial charge in [0, 0.05) is 44.8 Å². The summed E-state index contributed by atoms with van der Waals surface area (Å²) in [5.41, 5.74) is 2.97. The maximum Gasteiger partial charge on any atom is 0.573 e. The predicted molar refractivity (Wildman–Crippen MR) is 121 cm³/mol. The van der Waals surface area contributed by atoms with Gasteiger partial charge in [0.15, 0.2) is 0 Å². The molecule has 4 rings (SSSR count). The number of aromatic nitrogens is 2. The third-order valence-electron chi connectivity index (χ3n) is 5.89. The Balaban J connectivity index is 1.38. The summed E-state index contributed by atoms with van der Waals surface area (Å²) in [6, 6.07) is 11.0. The van der Waals surface area contributed by atoms with E-state index in [4.69, 9.17) is 0 Å². The molecule has 1 fully saturated rings. The molecule has 2 heterocycles. The second-order valence-electron chi connectivity index (χ2n) is 8.21. The molecule has 0 radical (unpaired) electrons. The molecule has 34 heavy (non-hydrogen) atoms. The van der Waals surface area contributed by atoms with Gasteiger partial charge in [-0.05, 0) is 49.7 Å². The van der Waals surface area contributed by atoms with Gasteiger partial charge in [-0.15, -0.1) is 13.2 Å². The summed E-state index contributed by atoms with van der Waals surface area (Å²) in [7, 11) is 0. The van der Waals surface area contributed by atoms with E-state index in [1.54, 1.807) is 46.7 Å². The molecule has 0 aliphatic carbocycles. The predicted octanol–water partition coefficient (Wildman–Crippen LogP) is 3.58. The van der Waals surface area contributed by atoms with Gasteiger partial charge in [-0.1, -0.05) is 12.1 Å². The number of piperazine rings is 1. The van der Waals surface area contributed by atoms with Crippen LogP contribution in [0.4, 0.5) is 13.2 Å². The summed E-state index contributed by atoms with van der Waals surface area (Å²) in [4.78, 5) is 33.7. The molecule has 10 heteroatoms. The van der Waals surface area contributed by atoms with E-state index in [-0.39, 0.29) is 17.2 Å². The van der Waals surface area contributed by atoms with Crippen LogP contribution in [0.15, 0.2) is 47.3 Å². The molecule has 0 atom stereocenters.